The van der Waals surface area contributed by atoms with Gasteiger partial charge in [-0.25, -0.2) is 4.98 Å². The average molecular weight is 707 g/mol. The van der Waals surface area contributed by atoms with Gasteiger partial charge in [-0.05, 0) is 69.4 Å². The fourth-order valence-corrected chi connectivity index (χ4v) is 9.05. The topological polar surface area (TPSA) is 43.6 Å². The summed E-state index contributed by atoms with van der Waals surface area (Å²) in [5.74, 6) is 1.87. The van der Waals surface area contributed by atoms with Crippen molar-refractivity contribution in [1.82, 2.24) is 19.5 Å². The van der Waals surface area contributed by atoms with Gasteiger partial charge in [-0.3, -0.25) is 4.57 Å². The minimum absolute atomic E-state index is 0.590. The van der Waals surface area contributed by atoms with Crippen molar-refractivity contribution in [2.24, 2.45) is 0 Å². The first-order valence-corrected chi connectivity index (χ1v) is 18.9. The highest BCUT2D eigenvalue weighted by Gasteiger charge is 2.19. The molecule has 0 bridgehead atoms. The summed E-state index contributed by atoms with van der Waals surface area (Å²) < 4.78 is 4.82. The molecule has 0 spiro atoms. The van der Waals surface area contributed by atoms with Gasteiger partial charge >= 0.3 is 0 Å². The molecule has 0 aliphatic heterocycles. The summed E-state index contributed by atoms with van der Waals surface area (Å²) >= 11 is 1.86. The van der Waals surface area contributed by atoms with Crippen LogP contribution in [-0.2, 0) is 0 Å². The second-order valence-electron chi connectivity index (χ2n) is 13.6. The standard InChI is InChI=1S/C49H30N4S/c1-3-13-31(14-4-1)47-50-48(32-15-5-2-6-16-32)52-49(51-47)53-43-23-9-7-17-39(43)41-29-33(25-27-44(41)53)35-19-11-22-38-36(20-12-21-37(35)38)34-26-28-46-42(30-34)40-18-8-10-24-45(40)54-46/h1-30H. The van der Waals surface area contributed by atoms with Crippen LogP contribution in [-0.4, -0.2) is 19.5 Å². The molecule has 54 heavy (non-hydrogen) atoms. The molecule has 0 aliphatic rings. The maximum Gasteiger partial charge on any atom is 0.238 e. The fraction of sp³-hybridized carbons (Fsp3) is 0. The number of thiophene rings is 1. The summed E-state index contributed by atoms with van der Waals surface area (Å²) in [6.07, 6.45) is 0. The van der Waals surface area contributed by atoms with Crippen molar-refractivity contribution in [2.45, 2.75) is 0 Å². The van der Waals surface area contributed by atoms with Crippen LogP contribution in [0, 0.1) is 0 Å². The van der Waals surface area contributed by atoms with E-state index < -0.39 is 0 Å². The highest BCUT2D eigenvalue weighted by molar-refractivity contribution is 7.25. The van der Waals surface area contributed by atoms with Gasteiger partial charge < -0.3 is 0 Å². The van der Waals surface area contributed by atoms with Gasteiger partial charge in [-0.15, -0.1) is 11.3 Å². The molecule has 0 saturated carbocycles. The van der Waals surface area contributed by atoms with Crippen molar-refractivity contribution >= 4 is 64.1 Å². The molecule has 0 saturated heterocycles. The molecule has 3 heterocycles. The van der Waals surface area contributed by atoms with Crippen LogP contribution in [0.2, 0.25) is 0 Å². The van der Waals surface area contributed by atoms with Crippen molar-refractivity contribution in [3.63, 3.8) is 0 Å². The minimum Gasteiger partial charge on any atom is -0.278 e. The average Bonchev–Trinajstić information content (AvgIpc) is 3.79. The zero-order valence-corrected chi connectivity index (χ0v) is 29.8. The van der Waals surface area contributed by atoms with Crippen LogP contribution in [0.5, 0.6) is 0 Å². The van der Waals surface area contributed by atoms with E-state index in [1.165, 1.54) is 47.6 Å². The Bertz CT molecular complexity index is 3160. The Balaban J connectivity index is 1.09. The molecule has 0 atom stereocenters. The second-order valence-corrected chi connectivity index (χ2v) is 14.7. The minimum atomic E-state index is 0.590. The molecule has 252 valence electrons. The molecule has 0 radical (unpaired) electrons. The van der Waals surface area contributed by atoms with Gasteiger partial charge in [0, 0.05) is 42.1 Å². The molecular formula is C49H30N4S. The molecule has 5 heteroatoms. The highest BCUT2D eigenvalue weighted by Crippen LogP contribution is 2.41. The summed E-state index contributed by atoms with van der Waals surface area (Å²) in [7, 11) is 0. The van der Waals surface area contributed by atoms with E-state index >= 15 is 0 Å². The third-order valence-electron chi connectivity index (χ3n) is 10.5. The predicted octanol–water partition coefficient (Wildman–Crippen LogP) is 13.2. The lowest BCUT2D eigenvalue weighted by atomic mass is 9.92. The van der Waals surface area contributed by atoms with Crippen LogP contribution in [0.4, 0.5) is 0 Å². The SMILES string of the molecule is c1ccc(-c2nc(-c3ccccc3)nc(-n3c4ccccc4c4cc(-c5cccc6c(-c7ccc8sc9ccccc9c8c7)cccc56)ccc43)n2)cc1. The van der Waals surface area contributed by atoms with Crippen LogP contribution < -0.4 is 0 Å². The van der Waals surface area contributed by atoms with Gasteiger partial charge in [0.1, 0.15) is 0 Å². The van der Waals surface area contributed by atoms with Crippen LogP contribution in [0.1, 0.15) is 0 Å². The number of hydrogen-bond acceptors (Lipinski definition) is 4. The van der Waals surface area contributed by atoms with E-state index in [9.17, 15) is 0 Å². The number of benzene rings is 8. The lowest BCUT2D eigenvalue weighted by molar-refractivity contribution is 0.953. The van der Waals surface area contributed by atoms with Crippen LogP contribution >= 0.6 is 11.3 Å². The maximum atomic E-state index is 5.11. The maximum absolute atomic E-state index is 5.11. The summed E-state index contributed by atoms with van der Waals surface area (Å²) in [5.41, 5.74) is 8.82. The molecule has 11 rings (SSSR count). The van der Waals surface area contributed by atoms with Gasteiger partial charge in [0.05, 0.1) is 11.0 Å². The van der Waals surface area contributed by atoms with E-state index in [0.717, 1.165) is 38.5 Å². The Morgan fingerprint density at radius 3 is 1.54 bits per heavy atom. The van der Waals surface area contributed by atoms with Crippen LogP contribution in [0.25, 0.3) is 104 Å². The third-order valence-corrected chi connectivity index (χ3v) is 11.6. The number of aromatic nitrogens is 4. The summed E-state index contributed by atoms with van der Waals surface area (Å²) in [6.45, 7) is 0. The Hall–Kier alpha value is -6.95. The van der Waals surface area contributed by atoms with E-state index in [0.29, 0.717) is 17.6 Å². The van der Waals surface area contributed by atoms with Crippen LogP contribution in [0.3, 0.4) is 0 Å². The van der Waals surface area contributed by atoms with Gasteiger partial charge in [0.15, 0.2) is 11.6 Å². The number of hydrogen-bond donors (Lipinski definition) is 0. The Morgan fingerprint density at radius 2 is 0.852 bits per heavy atom. The normalized spacial score (nSPS) is 11.7. The summed E-state index contributed by atoms with van der Waals surface area (Å²) in [4.78, 5) is 15.2. The molecule has 0 amide bonds. The molecule has 11 aromatic rings. The predicted molar refractivity (Wildman–Crippen MR) is 226 cm³/mol. The largest absolute Gasteiger partial charge is 0.278 e. The molecule has 0 fully saturated rings. The monoisotopic (exact) mass is 706 g/mol. The quantitative estimate of drug-likeness (QED) is 0.179. The van der Waals surface area contributed by atoms with E-state index in [2.05, 4.69) is 126 Å². The molecule has 8 aromatic carbocycles. The van der Waals surface area contributed by atoms with Crippen molar-refractivity contribution in [1.29, 1.82) is 0 Å². The highest BCUT2D eigenvalue weighted by atomic mass is 32.1. The summed E-state index contributed by atoms with van der Waals surface area (Å²) in [5, 5.41) is 7.39. The van der Waals surface area contributed by atoms with E-state index in [1.54, 1.807) is 0 Å². The smallest absolute Gasteiger partial charge is 0.238 e. The lowest BCUT2D eigenvalue weighted by Crippen LogP contribution is -2.06. The first kappa shape index (κ1) is 30.7. The van der Waals surface area contributed by atoms with Crippen molar-refractivity contribution in [3.05, 3.63) is 182 Å². The fourth-order valence-electron chi connectivity index (χ4n) is 7.96. The van der Waals surface area contributed by atoms with E-state index in [1.807, 2.05) is 72.0 Å². The Labute approximate surface area is 315 Å². The molecule has 4 nitrogen and oxygen atoms in total. The molecule has 0 N–H and O–H groups in total. The van der Waals surface area contributed by atoms with E-state index in [4.69, 9.17) is 15.0 Å². The zero-order chi connectivity index (χ0) is 35.6. The van der Waals surface area contributed by atoms with Gasteiger partial charge in [-0.2, -0.15) is 9.97 Å². The molecule has 0 unspecified atom stereocenters. The van der Waals surface area contributed by atoms with Gasteiger partial charge in [-0.1, -0.05) is 146 Å². The Morgan fingerprint density at radius 1 is 0.333 bits per heavy atom. The van der Waals surface area contributed by atoms with Gasteiger partial charge in [0.2, 0.25) is 5.95 Å². The molecule has 3 aromatic heterocycles. The Kier molecular flexibility index (Phi) is 7.00. The first-order valence-electron chi connectivity index (χ1n) is 18.1. The summed E-state index contributed by atoms with van der Waals surface area (Å²) in [6, 6.07) is 64.6. The third kappa shape index (κ3) is 4.94. The number of para-hydroxylation sites is 1. The van der Waals surface area contributed by atoms with Crippen molar-refractivity contribution < 1.29 is 0 Å². The second kappa shape index (κ2) is 12.3. The number of nitrogens with zero attached hydrogens (tertiary/aromatic N) is 4. The zero-order valence-electron chi connectivity index (χ0n) is 29.0. The molecule has 0 aliphatic carbocycles. The molecular weight excluding hydrogens is 677 g/mol. The van der Waals surface area contributed by atoms with E-state index in [-0.39, 0.29) is 0 Å². The first-order chi connectivity index (χ1) is 26.8. The lowest BCUT2D eigenvalue weighted by Gasteiger charge is -2.13. The van der Waals surface area contributed by atoms with Gasteiger partial charge in [0.25, 0.3) is 0 Å². The number of rotatable bonds is 5. The number of fused-ring (bicyclic) bond motifs is 7. The van der Waals surface area contributed by atoms with Crippen molar-refractivity contribution in [2.75, 3.05) is 0 Å². The van der Waals surface area contributed by atoms with Crippen molar-refractivity contribution in [3.8, 4) is 51.0 Å². The van der Waals surface area contributed by atoms with Crippen LogP contribution in [0.15, 0.2) is 182 Å².